The summed E-state index contributed by atoms with van der Waals surface area (Å²) >= 11 is 0. The van der Waals surface area contributed by atoms with Gasteiger partial charge in [0.25, 0.3) is 0 Å². The van der Waals surface area contributed by atoms with Gasteiger partial charge in [0, 0.05) is 37.5 Å². The van der Waals surface area contributed by atoms with Crippen LogP contribution in [0.5, 0.6) is 0 Å². The van der Waals surface area contributed by atoms with Crippen molar-refractivity contribution >= 4 is 47.4 Å². The number of benzene rings is 1. The third-order valence-corrected chi connectivity index (χ3v) is 11.4. The number of anilines is 1. The predicted octanol–water partition coefficient (Wildman–Crippen LogP) is 2.25. The van der Waals surface area contributed by atoms with Gasteiger partial charge in [-0.1, -0.05) is 63.2 Å². The molecule has 5 heterocycles. The second-order valence-electron chi connectivity index (χ2n) is 17.1. The van der Waals surface area contributed by atoms with Crippen LogP contribution in [-0.2, 0) is 45.3 Å². The van der Waals surface area contributed by atoms with E-state index in [1.54, 1.807) is 37.3 Å². The molecule has 6 rings (SSSR count). The highest BCUT2D eigenvalue weighted by atomic mass is 16.5. The molecule has 8 atom stereocenters. The SMILES string of the molecule is C[C@@H]1C[C@H]2C(=O)O[C@@H](C)[C@H](NC(=O)[C@H](Cc3ccccc3)NC(=O)Nc3cc(C(C)(C)C)on3)C(=O)N3CCC[C@H]3C(=O)N3CCCC[C@H]3C(=O)N[C@@H](C)C(=O)N2C1. The molecule has 0 radical (unpaired) electrons. The number of piperidine rings is 1. The Bertz CT molecular complexity index is 1880. The molecule has 0 unspecified atom stereocenters. The Morgan fingerprint density at radius 2 is 1.57 bits per heavy atom. The number of nitrogens with one attached hydrogen (secondary N) is 4. The first-order valence-corrected chi connectivity index (χ1v) is 20.3. The number of nitrogens with zero attached hydrogens (tertiary/aromatic N) is 4. The van der Waals surface area contributed by atoms with Crippen LogP contribution in [0.2, 0.25) is 0 Å². The van der Waals surface area contributed by atoms with Crippen molar-refractivity contribution in [1.29, 1.82) is 0 Å². The summed E-state index contributed by atoms with van der Waals surface area (Å²) in [6.45, 7) is 11.5. The molecule has 4 aliphatic rings. The number of urea groups is 1. The molecule has 4 saturated heterocycles. The van der Waals surface area contributed by atoms with Crippen molar-refractivity contribution in [3.8, 4) is 0 Å². The lowest BCUT2D eigenvalue weighted by molar-refractivity contribution is -0.163. The van der Waals surface area contributed by atoms with E-state index in [-0.39, 0.29) is 36.7 Å². The maximum atomic E-state index is 14.7. The highest BCUT2D eigenvalue weighted by Gasteiger charge is 2.47. The zero-order valence-corrected chi connectivity index (χ0v) is 34.1. The average molecular weight is 805 g/mol. The van der Waals surface area contributed by atoms with Gasteiger partial charge in [0.1, 0.15) is 48.1 Å². The standard InChI is InChI=1S/C41H56N8O9/c1-23-19-30-39(55)57-25(3)33(45-34(50)27(20-26-13-8-7-9-14-26)43-40(56)44-32-21-31(58-46-32)41(4,5)6)38(54)48-18-12-16-29(48)37(53)47-17-11-10-15-28(47)35(51)42-24(2)36(52)49(30)22-23/h7-9,13-14,21,23-25,27-30,33H,10-12,15-20,22H2,1-6H3,(H,42,51)(H,45,50)(H2,43,44,46,56)/t23-,24+,25+,27+,28+,29+,30+,33+/m1/s1. The Morgan fingerprint density at radius 1 is 0.879 bits per heavy atom. The first-order chi connectivity index (χ1) is 27.5. The summed E-state index contributed by atoms with van der Waals surface area (Å²) in [5.41, 5.74) is 0.338. The number of esters is 1. The lowest BCUT2D eigenvalue weighted by Gasteiger charge is -2.39. The Morgan fingerprint density at radius 3 is 2.28 bits per heavy atom. The molecular weight excluding hydrogens is 748 g/mol. The molecule has 17 nitrogen and oxygen atoms in total. The summed E-state index contributed by atoms with van der Waals surface area (Å²) in [5, 5.41) is 14.8. The number of hydrogen-bond acceptors (Lipinski definition) is 10. The molecule has 314 valence electrons. The quantitative estimate of drug-likeness (QED) is 0.313. The lowest BCUT2D eigenvalue weighted by atomic mass is 9.93. The summed E-state index contributed by atoms with van der Waals surface area (Å²) in [4.78, 5) is 103. The molecule has 58 heavy (non-hydrogen) atoms. The number of amides is 7. The zero-order chi connectivity index (χ0) is 41.9. The molecule has 1 aromatic heterocycles. The van der Waals surface area contributed by atoms with Crippen molar-refractivity contribution in [3.63, 3.8) is 0 Å². The van der Waals surface area contributed by atoms with Crippen molar-refractivity contribution in [3.05, 3.63) is 47.7 Å². The maximum Gasteiger partial charge on any atom is 0.329 e. The van der Waals surface area contributed by atoms with Gasteiger partial charge >= 0.3 is 12.0 Å². The normalized spacial score (nSPS) is 27.9. The summed E-state index contributed by atoms with van der Waals surface area (Å²) in [5.74, 6) is -2.91. The van der Waals surface area contributed by atoms with Crippen molar-refractivity contribution in [2.45, 2.75) is 134 Å². The van der Waals surface area contributed by atoms with Crippen LogP contribution in [0.15, 0.2) is 40.9 Å². The zero-order valence-electron chi connectivity index (χ0n) is 34.1. The van der Waals surface area contributed by atoms with Crippen molar-refractivity contribution in [2.75, 3.05) is 25.0 Å². The number of ether oxygens (including phenoxy) is 1. The van der Waals surface area contributed by atoms with E-state index in [0.717, 1.165) is 0 Å². The summed E-state index contributed by atoms with van der Waals surface area (Å²) < 4.78 is 11.3. The molecule has 2 aromatic rings. The minimum Gasteiger partial charge on any atom is -0.458 e. The van der Waals surface area contributed by atoms with Crippen LogP contribution in [0, 0.1) is 5.92 Å². The maximum absolute atomic E-state index is 14.7. The Labute approximate surface area is 338 Å². The number of cyclic esters (lactones) is 1. The van der Waals surface area contributed by atoms with Crippen molar-refractivity contribution in [2.24, 2.45) is 5.92 Å². The van der Waals surface area contributed by atoms with Crippen LogP contribution >= 0.6 is 0 Å². The molecule has 4 aliphatic heterocycles. The molecule has 1 aromatic carbocycles. The summed E-state index contributed by atoms with van der Waals surface area (Å²) in [6.07, 6.45) is 1.63. The van der Waals surface area contributed by atoms with E-state index in [1.807, 2.05) is 33.8 Å². The Balaban J connectivity index is 1.31. The van der Waals surface area contributed by atoms with E-state index < -0.39 is 83.9 Å². The minimum absolute atomic E-state index is 0.0275. The molecule has 4 N–H and O–H groups in total. The van der Waals surface area contributed by atoms with E-state index >= 15 is 0 Å². The largest absolute Gasteiger partial charge is 0.458 e. The fraction of sp³-hybridized carbons (Fsp3) is 0.610. The van der Waals surface area contributed by atoms with Crippen LogP contribution in [-0.4, -0.2) is 123 Å². The highest BCUT2D eigenvalue weighted by molar-refractivity contribution is 5.98. The van der Waals surface area contributed by atoms with Gasteiger partial charge in [-0.2, -0.15) is 0 Å². The van der Waals surface area contributed by atoms with E-state index in [0.29, 0.717) is 56.4 Å². The number of carbonyl (C=O) groups is 7. The monoisotopic (exact) mass is 804 g/mol. The second kappa shape index (κ2) is 17.6. The second-order valence-corrected chi connectivity index (χ2v) is 17.1. The molecule has 7 amide bonds. The molecule has 0 aliphatic carbocycles. The van der Waals surface area contributed by atoms with Crippen LogP contribution < -0.4 is 21.3 Å². The fourth-order valence-electron chi connectivity index (χ4n) is 8.28. The molecule has 0 bridgehead atoms. The fourth-order valence-corrected chi connectivity index (χ4v) is 8.28. The number of hydrogen-bond donors (Lipinski definition) is 4. The van der Waals surface area contributed by atoms with Gasteiger partial charge in [0.05, 0.1) is 0 Å². The molecule has 17 heteroatoms. The molecular formula is C41H56N8O9. The van der Waals surface area contributed by atoms with E-state index in [9.17, 15) is 33.6 Å². The van der Waals surface area contributed by atoms with Gasteiger partial charge in [0.15, 0.2) is 5.82 Å². The van der Waals surface area contributed by atoms with Gasteiger partial charge in [-0.15, -0.1) is 0 Å². The summed E-state index contributed by atoms with van der Waals surface area (Å²) in [7, 11) is 0. The van der Waals surface area contributed by atoms with Crippen LogP contribution in [0.25, 0.3) is 0 Å². The van der Waals surface area contributed by atoms with Gasteiger partial charge in [0.2, 0.25) is 29.5 Å². The minimum atomic E-state index is -1.49. The molecule has 0 spiro atoms. The van der Waals surface area contributed by atoms with Crippen LogP contribution in [0.1, 0.15) is 91.4 Å². The third-order valence-electron chi connectivity index (χ3n) is 11.4. The average Bonchev–Trinajstić information content (AvgIpc) is 3.96. The van der Waals surface area contributed by atoms with Crippen molar-refractivity contribution in [1.82, 2.24) is 35.8 Å². The lowest BCUT2D eigenvalue weighted by Crippen LogP contribution is -2.63. The van der Waals surface area contributed by atoms with Gasteiger partial charge in [-0.05, 0) is 63.9 Å². The predicted molar refractivity (Wildman–Crippen MR) is 210 cm³/mol. The molecule has 0 saturated carbocycles. The number of fused-ring (bicyclic) bond motifs is 3. The van der Waals surface area contributed by atoms with E-state index in [4.69, 9.17) is 9.26 Å². The van der Waals surface area contributed by atoms with Crippen LogP contribution in [0.3, 0.4) is 0 Å². The van der Waals surface area contributed by atoms with Gasteiger partial charge in [-0.3, -0.25) is 29.3 Å². The van der Waals surface area contributed by atoms with Crippen LogP contribution in [0.4, 0.5) is 10.6 Å². The Hall–Kier alpha value is -5.48. The molecule has 4 fully saturated rings. The summed E-state index contributed by atoms with van der Waals surface area (Å²) in [6, 6.07) is 3.33. The number of rotatable bonds is 6. The highest BCUT2D eigenvalue weighted by Crippen LogP contribution is 2.29. The topological polar surface area (TPSA) is 213 Å². The first kappa shape index (κ1) is 42.1. The van der Waals surface area contributed by atoms with Crippen molar-refractivity contribution < 1.29 is 42.8 Å². The number of aromatic nitrogens is 1. The third kappa shape index (κ3) is 9.45. The number of carbonyl (C=O) groups excluding carboxylic acids is 7. The first-order valence-electron chi connectivity index (χ1n) is 20.3. The Kier molecular flexibility index (Phi) is 12.8. The van der Waals surface area contributed by atoms with E-state index in [2.05, 4.69) is 26.4 Å². The van der Waals surface area contributed by atoms with Gasteiger partial charge in [-0.25, -0.2) is 9.59 Å². The smallest absolute Gasteiger partial charge is 0.329 e. The van der Waals surface area contributed by atoms with Gasteiger partial charge < -0.3 is 39.9 Å². The van der Waals surface area contributed by atoms with E-state index in [1.165, 1.54) is 21.6 Å².